The van der Waals surface area contributed by atoms with Crippen molar-refractivity contribution in [1.29, 1.82) is 0 Å². The van der Waals surface area contributed by atoms with E-state index in [2.05, 4.69) is 58.8 Å². The summed E-state index contributed by atoms with van der Waals surface area (Å²) in [6, 6.07) is 14.5. The number of hydrogen-bond acceptors (Lipinski definition) is 8. The molecule has 3 aromatic carbocycles. The summed E-state index contributed by atoms with van der Waals surface area (Å²) in [6.07, 6.45) is 9.31. The number of ether oxygens (including phenoxy) is 1. The SMILES string of the molecule is Cc1cc(-n2nc3c(c2-n2ccn(-c4ccc5c(cnn5C)c4F)c2=O)[C@H](C)N(C(=O)c2cc4cc([C@H]5CCOC(C)(C)C5)ccc4n2[C@@]2(c4noc(=O)[nH]4)C[C@@H]2C)CC32CCC2)cc(C)c1F. The summed E-state index contributed by atoms with van der Waals surface area (Å²) < 4.78 is 50.8. The Kier molecular flexibility index (Phi) is 9.10. The van der Waals surface area contributed by atoms with Gasteiger partial charge in [-0.15, -0.1) is 0 Å². The fourth-order valence-electron chi connectivity index (χ4n) is 12.0. The molecule has 12 rings (SSSR count). The number of imidazole rings is 1. The normalized spacial score (nSPS) is 22.8. The number of carbonyl (C=O) groups is 1. The van der Waals surface area contributed by atoms with E-state index in [4.69, 9.17) is 14.4 Å². The first-order valence-corrected chi connectivity index (χ1v) is 23.5. The standard InChI is InChI=1S/C51H52F2N10O5/c1-27-19-34(20-28(2)41(27)52)63-44(60-17-16-59(48(60)66)38-12-11-37-35(42(38)53)25-54-58(37)7)40-30(4)61(26-50(14-8-15-50)43(40)56-63)45(64)39-22-33-21-31(32-13-18-67-49(5,6)24-32)9-10-36(33)62(39)51(23-29(51)3)46-55-47(65)68-57-46/h9-12,16-17,19-22,25,29-30,32H,8,13-15,18,23-24,26H2,1-7H3,(H,55,57,65)/t29-,30-,32-,51-/m0/s1. The summed E-state index contributed by atoms with van der Waals surface area (Å²) in [5.41, 5.74) is 3.64. The number of amides is 1. The molecule has 1 amide bonds. The van der Waals surface area contributed by atoms with E-state index in [-0.39, 0.29) is 40.2 Å². The number of rotatable bonds is 7. The van der Waals surface area contributed by atoms with Crippen LogP contribution in [0.3, 0.4) is 0 Å². The Morgan fingerprint density at radius 3 is 2.34 bits per heavy atom. The number of fused-ring (bicyclic) bond motifs is 4. The average molecular weight is 923 g/mol. The van der Waals surface area contributed by atoms with Gasteiger partial charge in [0.1, 0.15) is 22.9 Å². The second-order valence-corrected chi connectivity index (χ2v) is 20.5. The van der Waals surface area contributed by atoms with E-state index in [9.17, 15) is 9.59 Å². The van der Waals surface area contributed by atoms with Crippen molar-refractivity contribution in [3.8, 4) is 17.2 Å². The molecule has 2 saturated carbocycles. The lowest BCUT2D eigenvalue weighted by atomic mass is 9.63. The molecule has 5 aromatic heterocycles. The molecule has 1 saturated heterocycles. The zero-order chi connectivity index (χ0) is 47.3. The topological polar surface area (TPSA) is 156 Å². The molecule has 8 aromatic rings. The molecule has 2 aliphatic carbocycles. The summed E-state index contributed by atoms with van der Waals surface area (Å²) in [6.45, 7) is 12.7. The quantitative estimate of drug-likeness (QED) is 0.167. The highest BCUT2D eigenvalue weighted by molar-refractivity contribution is 6.00. The molecular weight excluding hydrogens is 871 g/mol. The summed E-state index contributed by atoms with van der Waals surface area (Å²) >= 11 is 0. The van der Waals surface area contributed by atoms with Crippen molar-refractivity contribution in [3.63, 3.8) is 0 Å². The maximum atomic E-state index is 16.3. The van der Waals surface area contributed by atoms with Gasteiger partial charge in [0.2, 0.25) is 0 Å². The number of benzene rings is 3. The van der Waals surface area contributed by atoms with Crippen LogP contribution in [0.5, 0.6) is 0 Å². The first-order chi connectivity index (χ1) is 32.5. The van der Waals surface area contributed by atoms with E-state index < -0.39 is 34.3 Å². The summed E-state index contributed by atoms with van der Waals surface area (Å²) in [5.74, 6) is -0.828. The number of nitrogens with zero attached hydrogens (tertiary/aromatic N) is 9. The highest BCUT2D eigenvalue weighted by Crippen LogP contribution is 2.57. The molecule has 4 aliphatic rings. The van der Waals surface area contributed by atoms with Gasteiger partial charge in [0.25, 0.3) is 5.91 Å². The summed E-state index contributed by atoms with van der Waals surface area (Å²) in [5, 5.41) is 14.9. The van der Waals surface area contributed by atoms with Crippen LogP contribution in [0.15, 0.2) is 81.2 Å². The molecule has 0 radical (unpaired) electrons. The molecule has 68 heavy (non-hydrogen) atoms. The minimum absolute atomic E-state index is 0.00297. The van der Waals surface area contributed by atoms with Gasteiger partial charge in [-0.25, -0.2) is 23.1 Å². The molecule has 0 bridgehead atoms. The van der Waals surface area contributed by atoms with Crippen molar-refractivity contribution in [2.45, 2.75) is 109 Å². The van der Waals surface area contributed by atoms with Crippen LogP contribution in [0.2, 0.25) is 0 Å². The zero-order valence-electron chi connectivity index (χ0n) is 39.1. The Morgan fingerprint density at radius 1 is 0.926 bits per heavy atom. The largest absolute Gasteiger partial charge is 0.438 e. The molecular formula is C51H52F2N10O5. The van der Waals surface area contributed by atoms with Crippen LogP contribution in [0.1, 0.15) is 122 Å². The molecule has 350 valence electrons. The van der Waals surface area contributed by atoms with Gasteiger partial charge in [-0.05, 0) is 138 Å². The van der Waals surface area contributed by atoms with Crippen LogP contribution in [0.4, 0.5) is 8.78 Å². The van der Waals surface area contributed by atoms with Gasteiger partial charge in [0, 0.05) is 54.5 Å². The third-order valence-corrected chi connectivity index (χ3v) is 15.8. The Morgan fingerprint density at radius 2 is 1.66 bits per heavy atom. The molecule has 0 unspecified atom stereocenters. The van der Waals surface area contributed by atoms with E-state index >= 15 is 13.6 Å². The number of aryl methyl sites for hydroxylation is 3. The van der Waals surface area contributed by atoms with Crippen LogP contribution in [-0.4, -0.2) is 73.0 Å². The van der Waals surface area contributed by atoms with Crippen LogP contribution >= 0.6 is 0 Å². The molecule has 1 spiro atoms. The predicted molar refractivity (Wildman–Crippen MR) is 249 cm³/mol. The third kappa shape index (κ3) is 6.02. The average Bonchev–Trinajstić information content (AvgIpc) is 3.93. The molecule has 7 heterocycles. The van der Waals surface area contributed by atoms with Crippen molar-refractivity contribution >= 4 is 27.7 Å². The molecule has 1 N–H and O–H groups in total. The minimum atomic E-state index is -0.863. The maximum absolute atomic E-state index is 16.3. The highest BCUT2D eigenvalue weighted by Gasteiger charge is 2.60. The van der Waals surface area contributed by atoms with E-state index in [0.717, 1.165) is 48.7 Å². The van der Waals surface area contributed by atoms with Gasteiger partial charge in [0.05, 0.1) is 45.8 Å². The Bertz CT molecular complexity index is 3520. The van der Waals surface area contributed by atoms with Crippen LogP contribution in [-0.2, 0) is 22.7 Å². The van der Waals surface area contributed by atoms with Crippen molar-refractivity contribution in [1.82, 2.24) is 48.3 Å². The Balaban J connectivity index is 1.04. The third-order valence-electron chi connectivity index (χ3n) is 15.8. The molecule has 2 aliphatic heterocycles. The summed E-state index contributed by atoms with van der Waals surface area (Å²) in [7, 11) is 1.73. The van der Waals surface area contributed by atoms with Gasteiger partial charge < -0.3 is 14.2 Å². The second-order valence-electron chi connectivity index (χ2n) is 20.5. The monoisotopic (exact) mass is 922 g/mol. The Hall–Kier alpha value is -6.88. The molecule has 4 atom stereocenters. The van der Waals surface area contributed by atoms with Gasteiger partial charge >= 0.3 is 11.4 Å². The van der Waals surface area contributed by atoms with Crippen molar-refractivity contribution in [2.24, 2.45) is 13.0 Å². The number of carbonyl (C=O) groups excluding carboxylic acids is 1. The first kappa shape index (κ1) is 42.5. The van der Waals surface area contributed by atoms with Crippen LogP contribution in [0, 0.1) is 31.4 Å². The van der Waals surface area contributed by atoms with E-state index in [1.54, 1.807) is 60.7 Å². The fraction of sp³-hybridized carbons (Fsp3) is 0.412. The fourth-order valence-corrected chi connectivity index (χ4v) is 12.0. The Labute approximate surface area is 388 Å². The lowest BCUT2D eigenvalue weighted by Crippen LogP contribution is -2.53. The van der Waals surface area contributed by atoms with Crippen molar-refractivity contribution < 1.29 is 22.8 Å². The molecule has 3 fully saturated rings. The smallest absolute Gasteiger partial charge is 0.376 e. The second kappa shape index (κ2) is 14.6. The number of aromatic amines is 1. The highest BCUT2D eigenvalue weighted by atomic mass is 19.1. The van der Waals surface area contributed by atoms with Crippen molar-refractivity contribution in [3.05, 3.63) is 139 Å². The first-order valence-electron chi connectivity index (χ1n) is 23.5. The zero-order valence-corrected chi connectivity index (χ0v) is 39.1. The number of H-pyrrole nitrogens is 1. The molecule has 15 nitrogen and oxygen atoms in total. The van der Waals surface area contributed by atoms with Crippen LogP contribution < -0.4 is 11.4 Å². The minimum Gasteiger partial charge on any atom is -0.376 e. The predicted octanol–water partition coefficient (Wildman–Crippen LogP) is 8.32. The van der Waals surface area contributed by atoms with Crippen molar-refractivity contribution in [2.75, 3.05) is 13.2 Å². The van der Waals surface area contributed by atoms with Gasteiger partial charge in [0.15, 0.2) is 11.6 Å². The number of hydrogen-bond donors (Lipinski definition) is 1. The van der Waals surface area contributed by atoms with E-state index in [1.807, 2.05) is 17.9 Å². The molecule has 17 heteroatoms. The maximum Gasteiger partial charge on any atom is 0.438 e. The van der Waals surface area contributed by atoms with Gasteiger partial charge in [-0.1, -0.05) is 24.6 Å². The number of halogens is 2. The van der Waals surface area contributed by atoms with Gasteiger partial charge in [-0.3, -0.25) is 28.1 Å². The number of aromatic nitrogens is 9. The van der Waals surface area contributed by atoms with Gasteiger partial charge in [-0.2, -0.15) is 10.2 Å². The number of nitrogens with one attached hydrogen (secondary N) is 1. The van der Waals surface area contributed by atoms with Crippen LogP contribution in [0.25, 0.3) is 39.0 Å². The van der Waals surface area contributed by atoms with E-state index in [0.29, 0.717) is 64.8 Å². The van der Waals surface area contributed by atoms with E-state index in [1.165, 1.54) is 27.1 Å². The lowest BCUT2D eigenvalue weighted by molar-refractivity contribution is -0.0592. The summed E-state index contributed by atoms with van der Waals surface area (Å²) in [4.78, 5) is 48.2. The lowest BCUT2D eigenvalue weighted by Gasteiger charge is -2.50.